The van der Waals surface area contributed by atoms with Crippen molar-refractivity contribution in [3.63, 3.8) is 0 Å². The van der Waals surface area contributed by atoms with E-state index in [1.165, 1.54) is 22.3 Å². The van der Waals surface area contributed by atoms with Crippen molar-refractivity contribution in [3.05, 3.63) is 39.4 Å². The van der Waals surface area contributed by atoms with E-state index in [1.54, 1.807) is 0 Å². The third kappa shape index (κ3) is 1.88. The van der Waals surface area contributed by atoms with Crippen LogP contribution in [0.4, 0.5) is 0 Å². The van der Waals surface area contributed by atoms with E-state index in [0.29, 0.717) is 5.92 Å². The molecule has 1 nitrogen and oxygen atoms in total. The standard InChI is InChI=1S/C13H15BrO/c1-8(2)13-10(7-15)5-9-6-11(14)3-4-12(9)13/h3-4,6,10,15H,5,7H2,1-2H3. The lowest BCUT2D eigenvalue weighted by atomic mass is 9.96. The Labute approximate surface area is 99.0 Å². The first-order chi connectivity index (χ1) is 7.13. The highest BCUT2D eigenvalue weighted by atomic mass is 79.9. The Hall–Kier alpha value is -0.600. The van der Waals surface area contributed by atoms with Crippen molar-refractivity contribution in [1.29, 1.82) is 0 Å². The fraction of sp³-hybridized carbons (Fsp3) is 0.385. The van der Waals surface area contributed by atoms with Crippen LogP contribution in [-0.2, 0) is 6.42 Å². The summed E-state index contributed by atoms with van der Waals surface area (Å²) in [4.78, 5) is 0. The van der Waals surface area contributed by atoms with Crippen molar-refractivity contribution < 1.29 is 5.11 Å². The Bertz CT molecular complexity index is 417. The number of aliphatic hydroxyl groups excluding tert-OH is 1. The Kier molecular flexibility index (Phi) is 2.98. The van der Waals surface area contributed by atoms with Crippen LogP contribution in [0.15, 0.2) is 28.2 Å². The number of aliphatic hydroxyl groups is 1. The zero-order valence-corrected chi connectivity index (χ0v) is 10.6. The molecule has 1 aromatic carbocycles. The topological polar surface area (TPSA) is 20.2 Å². The van der Waals surface area contributed by atoms with E-state index in [9.17, 15) is 5.11 Å². The molecule has 0 saturated carbocycles. The first-order valence-corrected chi connectivity index (χ1v) is 5.99. The fourth-order valence-electron chi connectivity index (χ4n) is 2.41. The van der Waals surface area contributed by atoms with Gasteiger partial charge in [0.25, 0.3) is 0 Å². The quantitative estimate of drug-likeness (QED) is 0.826. The molecule has 80 valence electrons. The Morgan fingerprint density at radius 1 is 1.47 bits per heavy atom. The van der Waals surface area contributed by atoms with Gasteiger partial charge in [0.2, 0.25) is 0 Å². The largest absolute Gasteiger partial charge is 0.396 e. The van der Waals surface area contributed by atoms with Crippen LogP contribution in [-0.4, -0.2) is 11.7 Å². The Morgan fingerprint density at radius 2 is 2.20 bits per heavy atom. The molecule has 0 aliphatic heterocycles. The first-order valence-electron chi connectivity index (χ1n) is 5.20. The molecule has 1 aromatic rings. The maximum Gasteiger partial charge on any atom is 0.0503 e. The molecule has 0 heterocycles. The summed E-state index contributed by atoms with van der Waals surface area (Å²) in [5.41, 5.74) is 5.31. The summed E-state index contributed by atoms with van der Waals surface area (Å²) >= 11 is 3.49. The van der Waals surface area contributed by atoms with Crippen molar-refractivity contribution in [2.24, 2.45) is 5.92 Å². The second-order valence-electron chi connectivity index (χ2n) is 4.30. The zero-order chi connectivity index (χ0) is 11.0. The van der Waals surface area contributed by atoms with E-state index in [2.05, 4.69) is 48.0 Å². The lowest BCUT2D eigenvalue weighted by molar-refractivity contribution is 0.259. The van der Waals surface area contributed by atoms with Gasteiger partial charge in [-0.1, -0.05) is 27.6 Å². The molecule has 0 bridgehead atoms. The number of hydrogen-bond donors (Lipinski definition) is 1. The molecular weight excluding hydrogens is 252 g/mol. The average molecular weight is 267 g/mol. The number of hydrogen-bond acceptors (Lipinski definition) is 1. The molecule has 2 rings (SSSR count). The van der Waals surface area contributed by atoms with Crippen molar-refractivity contribution in [2.75, 3.05) is 6.61 Å². The van der Waals surface area contributed by atoms with Crippen LogP contribution in [0.25, 0.3) is 5.57 Å². The van der Waals surface area contributed by atoms with Gasteiger partial charge in [-0.2, -0.15) is 0 Å². The molecule has 1 aliphatic carbocycles. The Morgan fingerprint density at radius 3 is 2.80 bits per heavy atom. The zero-order valence-electron chi connectivity index (χ0n) is 9.05. The molecule has 0 spiro atoms. The minimum Gasteiger partial charge on any atom is -0.396 e. The van der Waals surface area contributed by atoms with Crippen molar-refractivity contribution in [1.82, 2.24) is 0 Å². The van der Waals surface area contributed by atoms with Gasteiger partial charge in [-0.3, -0.25) is 0 Å². The van der Waals surface area contributed by atoms with Crippen LogP contribution in [0.1, 0.15) is 25.0 Å². The van der Waals surface area contributed by atoms with Gasteiger partial charge in [0.1, 0.15) is 0 Å². The minimum absolute atomic E-state index is 0.243. The molecule has 1 unspecified atom stereocenters. The molecule has 1 N–H and O–H groups in total. The van der Waals surface area contributed by atoms with Gasteiger partial charge in [0.05, 0.1) is 6.61 Å². The predicted molar refractivity (Wildman–Crippen MR) is 66.7 cm³/mol. The number of fused-ring (bicyclic) bond motifs is 1. The van der Waals surface area contributed by atoms with Gasteiger partial charge < -0.3 is 5.11 Å². The normalized spacial score (nSPS) is 19.2. The highest BCUT2D eigenvalue weighted by Crippen LogP contribution is 2.39. The van der Waals surface area contributed by atoms with E-state index < -0.39 is 0 Å². The molecule has 15 heavy (non-hydrogen) atoms. The maximum absolute atomic E-state index is 9.38. The van der Waals surface area contributed by atoms with E-state index in [1.807, 2.05) is 0 Å². The summed E-state index contributed by atoms with van der Waals surface area (Å²) in [6.45, 7) is 4.48. The van der Waals surface area contributed by atoms with E-state index in [4.69, 9.17) is 0 Å². The summed E-state index contributed by atoms with van der Waals surface area (Å²) in [5.74, 6) is 0.291. The number of allylic oxidation sites excluding steroid dienone is 1. The summed E-state index contributed by atoms with van der Waals surface area (Å²) in [5, 5.41) is 9.38. The van der Waals surface area contributed by atoms with Crippen LogP contribution in [0.2, 0.25) is 0 Å². The lowest BCUT2D eigenvalue weighted by Crippen LogP contribution is -2.05. The highest BCUT2D eigenvalue weighted by Gasteiger charge is 2.26. The van der Waals surface area contributed by atoms with Gasteiger partial charge >= 0.3 is 0 Å². The van der Waals surface area contributed by atoms with Gasteiger partial charge in [0.15, 0.2) is 0 Å². The second-order valence-corrected chi connectivity index (χ2v) is 5.21. The van der Waals surface area contributed by atoms with Crippen molar-refractivity contribution >= 4 is 21.5 Å². The fourth-order valence-corrected chi connectivity index (χ4v) is 2.82. The molecule has 0 fully saturated rings. The average Bonchev–Trinajstić information content (AvgIpc) is 2.54. The monoisotopic (exact) mass is 266 g/mol. The van der Waals surface area contributed by atoms with Gasteiger partial charge in [-0.15, -0.1) is 0 Å². The van der Waals surface area contributed by atoms with E-state index >= 15 is 0 Å². The maximum atomic E-state index is 9.38. The summed E-state index contributed by atoms with van der Waals surface area (Å²) in [6.07, 6.45) is 0.964. The molecule has 1 atom stereocenters. The molecule has 2 heteroatoms. The molecule has 0 saturated heterocycles. The molecule has 0 aromatic heterocycles. The molecule has 0 radical (unpaired) electrons. The Balaban J connectivity index is 2.55. The van der Waals surface area contributed by atoms with Crippen molar-refractivity contribution in [2.45, 2.75) is 20.3 Å². The lowest BCUT2D eigenvalue weighted by Gasteiger charge is -2.10. The van der Waals surface area contributed by atoms with E-state index in [-0.39, 0.29) is 6.61 Å². The van der Waals surface area contributed by atoms with Crippen LogP contribution in [0.3, 0.4) is 0 Å². The van der Waals surface area contributed by atoms with Gasteiger partial charge in [0, 0.05) is 10.4 Å². The summed E-state index contributed by atoms with van der Waals surface area (Å²) < 4.78 is 1.12. The third-order valence-electron chi connectivity index (χ3n) is 2.99. The smallest absolute Gasteiger partial charge is 0.0503 e. The number of halogens is 1. The highest BCUT2D eigenvalue weighted by molar-refractivity contribution is 9.10. The van der Waals surface area contributed by atoms with Crippen LogP contribution < -0.4 is 0 Å². The van der Waals surface area contributed by atoms with Crippen LogP contribution >= 0.6 is 15.9 Å². The first kappa shape index (κ1) is 10.9. The SMILES string of the molecule is CC(C)=C1c2ccc(Br)cc2CC1CO. The third-order valence-corrected chi connectivity index (χ3v) is 3.48. The number of benzene rings is 1. The minimum atomic E-state index is 0.243. The molecular formula is C13H15BrO. The van der Waals surface area contributed by atoms with Crippen LogP contribution in [0.5, 0.6) is 0 Å². The van der Waals surface area contributed by atoms with Gasteiger partial charge in [-0.25, -0.2) is 0 Å². The van der Waals surface area contributed by atoms with Crippen LogP contribution in [0, 0.1) is 5.92 Å². The predicted octanol–water partition coefficient (Wildman–Crippen LogP) is 3.41. The molecule has 1 aliphatic rings. The van der Waals surface area contributed by atoms with Gasteiger partial charge in [-0.05, 0) is 49.1 Å². The molecule has 0 amide bonds. The second kappa shape index (κ2) is 4.11. The summed E-state index contributed by atoms with van der Waals surface area (Å²) in [7, 11) is 0. The van der Waals surface area contributed by atoms with Crippen molar-refractivity contribution in [3.8, 4) is 0 Å². The van der Waals surface area contributed by atoms with E-state index in [0.717, 1.165) is 10.9 Å². The number of rotatable bonds is 1. The summed E-state index contributed by atoms with van der Waals surface area (Å²) in [6, 6.07) is 6.38.